The Labute approximate surface area is 169 Å². The van der Waals surface area contributed by atoms with E-state index in [-0.39, 0.29) is 5.91 Å². The van der Waals surface area contributed by atoms with Crippen LogP contribution in [0.3, 0.4) is 0 Å². The van der Waals surface area contributed by atoms with Crippen molar-refractivity contribution in [2.24, 2.45) is 0 Å². The molecule has 0 unspecified atom stereocenters. The second-order valence-corrected chi connectivity index (χ2v) is 7.58. The van der Waals surface area contributed by atoms with Crippen molar-refractivity contribution in [2.75, 3.05) is 13.2 Å². The second kappa shape index (κ2) is 8.33. The molecule has 1 aliphatic heterocycles. The van der Waals surface area contributed by atoms with E-state index in [0.29, 0.717) is 29.6 Å². The molecule has 0 atom stereocenters. The van der Waals surface area contributed by atoms with Crippen LogP contribution in [0, 0.1) is 0 Å². The van der Waals surface area contributed by atoms with Crippen molar-refractivity contribution in [3.63, 3.8) is 0 Å². The lowest BCUT2D eigenvalue weighted by molar-refractivity contribution is 0.0853. The first-order valence-electron chi connectivity index (χ1n) is 9.77. The maximum atomic E-state index is 12.9. The third-order valence-electron chi connectivity index (χ3n) is 5.33. The van der Waals surface area contributed by atoms with Crippen molar-refractivity contribution in [1.29, 1.82) is 0 Å². The van der Waals surface area contributed by atoms with Crippen LogP contribution in [0.5, 0.6) is 0 Å². The number of rotatable bonds is 5. The maximum absolute atomic E-state index is 12.9. The van der Waals surface area contributed by atoms with Gasteiger partial charge in [0.15, 0.2) is 0 Å². The van der Waals surface area contributed by atoms with Gasteiger partial charge in [0.1, 0.15) is 11.3 Å². The number of amides is 1. The van der Waals surface area contributed by atoms with Gasteiger partial charge in [-0.2, -0.15) is 0 Å². The predicted molar refractivity (Wildman–Crippen MR) is 110 cm³/mol. The number of aromatic nitrogens is 2. The Balaban J connectivity index is 1.47. The summed E-state index contributed by atoms with van der Waals surface area (Å²) >= 11 is 6.11. The van der Waals surface area contributed by atoms with E-state index in [2.05, 4.69) is 34.6 Å². The number of carbonyl (C=O) groups excluding carboxylic acids is 1. The van der Waals surface area contributed by atoms with E-state index in [9.17, 15) is 4.79 Å². The SMILES string of the molecule is CCc1nc2ccc(Cl)cn2c1C(=O)NCc1ccc(C2CCOCC2)cc1. The topological polar surface area (TPSA) is 55.6 Å². The zero-order chi connectivity index (χ0) is 19.5. The summed E-state index contributed by atoms with van der Waals surface area (Å²) in [6.45, 7) is 4.15. The van der Waals surface area contributed by atoms with Crippen LogP contribution in [-0.2, 0) is 17.7 Å². The number of halogens is 1. The highest BCUT2D eigenvalue weighted by molar-refractivity contribution is 6.30. The average molecular weight is 398 g/mol. The molecule has 0 spiro atoms. The van der Waals surface area contributed by atoms with Crippen LogP contribution in [0.15, 0.2) is 42.6 Å². The van der Waals surface area contributed by atoms with Gasteiger partial charge in [-0.15, -0.1) is 0 Å². The highest BCUT2D eigenvalue weighted by atomic mass is 35.5. The fourth-order valence-electron chi connectivity index (χ4n) is 3.76. The molecule has 0 radical (unpaired) electrons. The van der Waals surface area contributed by atoms with E-state index in [1.54, 1.807) is 16.7 Å². The number of nitrogens with one attached hydrogen (secondary N) is 1. The third-order valence-corrected chi connectivity index (χ3v) is 5.55. The molecule has 4 rings (SSSR count). The smallest absolute Gasteiger partial charge is 0.270 e. The molecule has 2 aromatic heterocycles. The Morgan fingerprint density at radius 2 is 1.96 bits per heavy atom. The molecule has 146 valence electrons. The highest BCUT2D eigenvalue weighted by Crippen LogP contribution is 2.27. The summed E-state index contributed by atoms with van der Waals surface area (Å²) in [7, 11) is 0. The van der Waals surface area contributed by atoms with Crippen LogP contribution in [0.25, 0.3) is 5.65 Å². The Morgan fingerprint density at radius 3 is 2.68 bits per heavy atom. The minimum absolute atomic E-state index is 0.139. The summed E-state index contributed by atoms with van der Waals surface area (Å²) in [6.07, 6.45) is 4.57. The fourth-order valence-corrected chi connectivity index (χ4v) is 3.92. The molecule has 1 N–H and O–H groups in total. The van der Waals surface area contributed by atoms with Gasteiger partial charge < -0.3 is 10.1 Å². The first kappa shape index (κ1) is 19.0. The van der Waals surface area contributed by atoms with Crippen LogP contribution >= 0.6 is 11.6 Å². The molecule has 28 heavy (non-hydrogen) atoms. The van der Waals surface area contributed by atoms with Gasteiger partial charge in [-0.05, 0) is 48.4 Å². The summed E-state index contributed by atoms with van der Waals surface area (Å²) in [5.74, 6) is 0.438. The van der Waals surface area contributed by atoms with Gasteiger partial charge in [-0.1, -0.05) is 42.8 Å². The van der Waals surface area contributed by atoms with E-state index >= 15 is 0 Å². The molecule has 0 saturated carbocycles. The van der Waals surface area contributed by atoms with Crippen molar-refractivity contribution in [3.8, 4) is 0 Å². The molecule has 6 heteroatoms. The third kappa shape index (κ3) is 3.91. The number of hydrogen-bond donors (Lipinski definition) is 1. The summed E-state index contributed by atoms with van der Waals surface area (Å²) < 4.78 is 7.21. The van der Waals surface area contributed by atoms with Crippen molar-refractivity contribution in [2.45, 2.75) is 38.6 Å². The van der Waals surface area contributed by atoms with E-state index < -0.39 is 0 Å². The number of pyridine rings is 1. The number of carbonyl (C=O) groups is 1. The monoisotopic (exact) mass is 397 g/mol. The largest absolute Gasteiger partial charge is 0.381 e. The fraction of sp³-hybridized carbons (Fsp3) is 0.364. The van der Waals surface area contributed by atoms with E-state index in [1.165, 1.54) is 5.56 Å². The number of benzene rings is 1. The van der Waals surface area contributed by atoms with Gasteiger partial charge in [0.25, 0.3) is 5.91 Å². The summed E-state index contributed by atoms with van der Waals surface area (Å²) in [4.78, 5) is 17.4. The van der Waals surface area contributed by atoms with Crippen molar-refractivity contribution in [1.82, 2.24) is 14.7 Å². The molecular formula is C22H24ClN3O2. The lowest BCUT2D eigenvalue weighted by atomic mass is 9.91. The molecule has 5 nitrogen and oxygen atoms in total. The van der Waals surface area contributed by atoms with Gasteiger partial charge in [-0.3, -0.25) is 9.20 Å². The number of nitrogens with zero attached hydrogens (tertiary/aromatic N) is 2. The van der Waals surface area contributed by atoms with Gasteiger partial charge in [-0.25, -0.2) is 4.98 Å². The molecule has 1 amide bonds. The van der Waals surface area contributed by atoms with Crippen molar-refractivity contribution >= 4 is 23.2 Å². The Morgan fingerprint density at radius 1 is 1.21 bits per heavy atom. The molecule has 0 aliphatic carbocycles. The number of ether oxygens (including phenoxy) is 1. The normalized spacial score (nSPS) is 15.1. The quantitative estimate of drug-likeness (QED) is 0.695. The second-order valence-electron chi connectivity index (χ2n) is 7.15. The maximum Gasteiger partial charge on any atom is 0.270 e. The number of fused-ring (bicyclic) bond motifs is 1. The molecular weight excluding hydrogens is 374 g/mol. The molecule has 1 aliphatic rings. The van der Waals surface area contributed by atoms with Gasteiger partial charge in [0.2, 0.25) is 0 Å². The van der Waals surface area contributed by atoms with Crippen LogP contribution < -0.4 is 5.32 Å². The standard InChI is InChI=1S/C22H24ClN3O2/c1-2-19-21(26-14-18(23)7-8-20(26)25-19)22(27)24-13-15-3-5-16(6-4-15)17-9-11-28-12-10-17/h3-8,14,17H,2,9-13H2,1H3,(H,24,27). The highest BCUT2D eigenvalue weighted by Gasteiger charge is 2.19. The molecule has 3 aromatic rings. The first-order chi connectivity index (χ1) is 13.7. The Hall–Kier alpha value is -2.37. The number of hydrogen-bond acceptors (Lipinski definition) is 3. The zero-order valence-corrected chi connectivity index (χ0v) is 16.7. The lowest BCUT2D eigenvalue weighted by Crippen LogP contribution is -2.25. The van der Waals surface area contributed by atoms with Crippen LogP contribution in [0.2, 0.25) is 5.02 Å². The van der Waals surface area contributed by atoms with E-state index in [4.69, 9.17) is 16.3 Å². The number of imidazole rings is 1. The zero-order valence-electron chi connectivity index (χ0n) is 16.0. The van der Waals surface area contributed by atoms with Crippen molar-refractivity contribution < 1.29 is 9.53 Å². The Kier molecular flexibility index (Phi) is 5.64. The van der Waals surface area contributed by atoms with Gasteiger partial charge in [0.05, 0.1) is 10.7 Å². The van der Waals surface area contributed by atoms with Crippen LogP contribution in [0.4, 0.5) is 0 Å². The minimum Gasteiger partial charge on any atom is -0.381 e. The lowest BCUT2D eigenvalue weighted by Gasteiger charge is -2.22. The van der Waals surface area contributed by atoms with Gasteiger partial charge >= 0.3 is 0 Å². The molecule has 1 saturated heterocycles. The van der Waals surface area contributed by atoms with E-state index in [1.807, 2.05) is 13.0 Å². The molecule has 1 fully saturated rings. The van der Waals surface area contributed by atoms with Gasteiger partial charge in [0, 0.05) is 26.0 Å². The van der Waals surface area contributed by atoms with Crippen LogP contribution in [-0.4, -0.2) is 28.5 Å². The predicted octanol–water partition coefficient (Wildman–Crippen LogP) is 4.37. The summed E-state index contributed by atoms with van der Waals surface area (Å²) in [6, 6.07) is 12.1. The first-order valence-corrected chi connectivity index (χ1v) is 10.1. The minimum atomic E-state index is -0.139. The molecule has 1 aromatic carbocycles. The molecule has 3 heterocycles. The molecule has 0 bridgehead atoms. The van der Waals surface area contributed by atoms with Crippen molar-refractivity contribution in [3.05, 3.63) is 70.1 Å². The van der Waals surface area contributed by atoms with E-state index in [0.717, 1.165) is 43.0 Å². The summed E-state index contributed by atoms with van der Waals surface area (Å²) in [5, 5.41) is 3.60. The summed E-state index contributed by atoms with van der Waals surface area (Å²) in [5.41, 5.74) is 4.48. The van der Waals surface area contributed by atoms with Crippen LogP contribution in [0.1, 0.15) is 53.0 Å². The Bertz CT molecular complexity index is 975. The average Bonchev–Trinajstić information content (AvgIpc) is 3.11. The number of aryl methyl sites for hydroxylation is 1.